The Hall–Kier alpha value is -2.43. The van der Waals surface area contributed by atoms with E-state index >= 15 is 0 Å². The van der Waals surface area contributed by atoms with Crippen LogP contribution in [0.15, 0.2) is 48.8 Å². The van der Waals surface area contributed by atoms with Gasteiger partial charge in [0.2, 0.25) is 5.95 Å². The highest BCUT2D eigenvalue weighted by atomic mass is 16.4. The second kappa shape index (κ2) is 5.77. The van der Waals surface area contributed by atoms with Gasteiger partial charge in [-0.25, -0.2) is 9.97 Å². The van der Waals surface area contributed by atoms with E-state index in [0.29, 0.717) is 5.95 Å². The van der Waals surface area contributed by atoms with E-state index in [1.165, 1.54) is 0 Å². The van der Waals surface area contributed by atoms with E-state index in [0.717, 1.165) is 5.56 Å². The van der Waals surface area contributed by atoms with Crippen molar-refractivity contribution in [1.82, 2.24) is 9.97 Å². The summed E-state index contributed by atoms with van der Waals surface area (Å²) in [4.78, 5) is 19.2. The zero-order valence-electron chi connectivity index (χ0n) is 9.65. The normalized spacial score (nSPS) is 11.8. The summed E-state index contributed by atoms with van der Waals surface area (Å²) in [6.45, 7) is 0.253. The van der Waals surface area contributed by atoms with Crippen LogP contribution in [0.5, 0.6) is 0 Å². The summed E-state index contributed by atoms with van der Waals surface area (Å²) in [6.07, 6.45) is 3.21. The van der Waals surface area contributed by atoms with Gasteiger partial charge < -0.3 is 10.4 Å². The van der Waals surface area contributed by atoms with Crippen molar-refractivity contribution in [3.63, 3.8) is 0 Å². The Bertz CT molecular complexity index is 502. The third-order valence-electron chi connectivity index (χ3n) is 2.53. The maximum absolute atomic E-state index is 11.2. The Labute approximate surface area is 105 Å². The van der Waals surface area contributed by atoms with Crippen molar-refractivity contribution in [2.45, 2.75) is 5.92 Å². The summed E-state index contributed by atoms with van der Waals surface area (Å²) < 4.78 is 0. The molecular weight excluding hydrogens is 230 g/mol. The quantitative estimate of drug-likeness (QED) is 0.836. The third-order valence-corrected chi connectivity index (χ3v) is 2.53. The average molecular weight is 243 g/mol. The van der Waals surface area contributed by atoms with Crippen molar-refractivity contribution < 1.29 is 9.90 Å². The number of nitrogens with one attached hydrogen (secondary N) is 1. The number of benzene rings is 1. The molecule has 2 aromatic rings. The second-order valence-corrected chi connectivity index (χ2v) is 3.75. The molecule has 1 heterocycles. The summed E-state index contributed by atoms with van der Waals surface area (Å²) in [7, 11) is 0. The maximum Gasteiger partial charge on any atom is 0.312 e. The molecule has 1 aromatic carbocycles. The van der Waals surface area contributed by atoms with E-state index < -0.39 is 11.9 Å². The number of carboxylic acid groups (broad SMARTS) is 1. The topological polar surface area (TPSA) is 75.1 Å². The molecule has 0 saturated heterocycles. The minimum absolute atomic E-state index is 0.253. The molecule has 0 saturated carbocycles. The van der Waals surface area contributed by atoms with Crippen LogP contribution in [0.3, 0.4) is 0 Å². The molecule has 0 aliphatic carbocycles. The van der Waals surface area contributed by atoms with E-state index in [1.54, 1.807) is 30.6 Å². The zero-order valence-corrected chi connectivity index (χ0v) is 9.65. The van der Waals surface area contributed by atoms with Gasteiger partial charge in [0.05, 0.1) is 5.92 Å². The van der Waals surface area contributed by atoms with Gasteiger partial charge in [0.25, 0.3) is 0 Å². The predicted octanol–water partition coefficient (Wildman–Crippen LogP) is 1.76. The van der Waals surface area contributed by atoms with Crippen LogP contribution < -0.4 is 5.32 Å². The standard InChI is InChI=1S/C13H13N3O2/c17-12(18)11(10-5-2-1-3-6-10)9-16-13-14-7-4-8-15-13/h1-8,11H,9H2,(H,17,18)(H,14,15,16). The maximum atomic E-state index is 11.2. The molecule has 18 heavy (non-hydrogen) atoms. The molecular formula is C13H13N3O2. The number of carboxylic acids is 1. The van der Waals surface area contributed by atoms with Crippen molar-refractivity contribution in [2.24, 2.45) is 0 Å². The second-order valence-electron chi connectivity index (χ2n) is 3.75. The van der Waals surface area contributed by atoms with E-state index in [-0.39, 0.29) is 6.54 Å². The van der Waals surface area contributed by atoms with Crippen molar-refractivity contribution in [3.8, 4) is 0 Å². The first-order chi connectivity index (χ1) is 8.77. The Kier molecular flexibility index (Phi) is 3.86. The number of aliphatic carboxylic acids is 1. The van der Waals surface area contributed by atoms with Crippen LogP contribution in [0, 0.1) is 0 Å². The van der Waals surface area contributed by atoms with Gasteiger partial charge in [0, 0.05) is 18.9 Å². The molecule has 0 bridgehead atoms. The lowest BCUT2D eigenvalue weighted by Gasteiger charge is -2.13. The zero-order chi connectivity index (χ0) is 12.8. The molecule has 0 aliphatic heterocycles. The molecule has 1 atom stereocenters. The molecule has 5 heteroatoms. The van der Waals surface area contributed by atoms with Crippen molar-refractivity contribution >= 4 is 11.9 Å². The number of hydrogen-bond donors (Lipinski definition) is 2. The lowest BCUT2D eigenvalue weighted by molar-refractivity contribution is -0.138. The Morgan fingerprint density at radius 3 is 2.44 bits per heavy atom. The van der Waals surface area contributed by atoms with Gasteiger partial charge in [-0.2, -0.15) is 0 Å². The smallest absolute Gasteiger partial charge is 0.312 e. The summed E-state index contributed by atoms with van der Waals surface area (Å²) in [6, 6.07) is 10.8. The summed E-state index contributed by atoms with van der Waals surface area (Å²) in [5, 5.41) is 12.1. The molecule has 0 spiro atoms. The van der Waals surface area contributed by atoms with E-state index in [9.17, 15) is 9.90 Å². The van der Waals surface area contributed by atoms with Crippen LogP contribution in [-0.4, -0.2) is 27.6 Å². The first-order valence-electron chi connectivity index (χ1n) is 5.56. The number of anilines is 1. The van der Waals surface area contributed by atoms with Gasteiger partial charge in [-0.1, -0.05) is 30.3 Å². The fourth-order valence-corrected chi connectivity index (χ4v) is 1.62. The number of hydrogen-bond acceptors (Lipinski definition) is 4. The monoisotopic (exact) mass is 243 g/mol. The van der Waals surface area contributed by atoms with Gasteiger partial charge in [0.1, 0.15) is 0 Å². The molecule has 2 rings (SSSR count). The molecule has 0 fully saturated rings. The highest BCUT2D eigenvalue weighted by Gasteiger charge is 2.19. The SMILES string of the molecule is O=C(O)C(CNc1ncccn1)c1ccccc1. The van der Waals surface area contributed by atoms with Crippen LogP contribution in [-0.2, 0) is 4.79 Å². The first kappa shape index (κ1) is 12.0. The molecule has 0 radical (unpaired) electrons. The summed E-state index contributed by atoms with van der Waals surface area (Å²) >= 11 is 0. The van der Waals surface area contributed by atoms with Gasteiger partial charge >= 0.3 is 5.97 Å². The lowest BCUT2D eigenvalue weighted by Crippen LogP contribution is -2.21. The van der Waals surface area contributed by atoms with Crippen molar-refractivity contribution in [1.29, 1.82) is 0 Å². The van der Waals surface area contributed by atoms with Crippen molar-refractivity contribution in [3.05, 3.63) is 54.4 Å². The average Bonchev–Trinajstić information content (AvgIpc) is 2.41. The summed E-state index contributed by atoms with van der Waals surface area (Å²) in [5.74, 6) is -1.06. The molecule has 0 aliphatic rings. The minimum atomic E-state index is -0.871. The van der Waals surface area contributed by atoms with Crippen LogP contribution in [0.4, 0.5) is 5.95 Å². The molecule has 0 amide bonds. The third kappa shape index (κ3) is 3.04. The number of carbonyl (C=O) groups is 1. The van der Waals surface area contributed by atoms with E-state index in [2.05, 4.69) is 15.3 Å². The predicted molar refractivity (Wildman–Crippen MR) is 67.3 cm³/mol. The molecule has 1 aromatic heterocycles. The minimum Gasteiger partial charge on any atom is -0.481 e. The molecule has 5 nitrogen and oxygen atoms in total. The van der Waals surface area contributed by atoms with Gasteiger partial charge in [-0.05, 0) is 11.6 Å². The van der Waals surface area contributed by atoms with Crippen LogP contribution >= 0.6 is 0 Å². The van der Waals surface area contributed by atoms with E-state index in [4.69, 9.17) is 0 Å². The number of rotatable bonds is 5. The number of nitrogens with zero attached hydrogens (tertiary/aromatic N) is 2. The molecule has 92 valence electrons. The molecule has 1 unspecified atom stereocenters. The summed E-state index contributed by atoms with van der Waals surface area (Å²) in [5.41, 5.74) is 0.758. The van der Waals surface area contributed by atoms with Crippen LogP contribution in [0.2, 0.25) is 0 Å². The highest BCUT2D eigenvalue weighted by molar-refractivity contribution is 5.76. The fraction of sp³-hybridized carbons (Fsp3) is 0.154. The van der Waals surface area contributed by atoms with Gasteiger partial charge in [0.15, 0.2) is 0 Å². The Morgan fingerprint density at radius 2 is 1.83 bits per heavy atom. The molecule has 2 N–H and O–H groups in total. The van der Waals surface area contributed by atoms with Crippen molar-refractivity contribution in [2.75, 3.05) is 11.9 Å². The Morgan fingerprint density at radius 1 is 1.17 bits per heavy atom. The van der Waals surface area contributed by atoms with Gasteiger partial charge in [-0.15, -0.1) is 0 Å². The van der Waals surface area contributed by atoms with E-state index in [1.807, 2.05) is 18.2 Å². The number of aromatic nitrogens is 2. The lowest BCUT2D eigenvalue weighted by atomic mass is 9.99. The van der Waals surface area contributed by atoms with Crippen LogP contribution in [0.25, 0.3) is 0 Å². The largest absolute Gasteiger partial charge is 0.481 e. The van der Waals surface area contributed by atoms with Crippen LogP contribution in [0.1, 0.15) is 11.5 Å². The highest BCUT2D eigenvalue weighted by Crippen LogP contribution is 2.16. The van der Waals surface area contributed by atoms with Gasteiger partial charge in [-0.3, -0.25) is 4.79 Å². The first-order valence-corrected chi connectivity index (χ1v) is 5.56. The Balaban J connectivity index is 2.06. The fourth-order valence-electron chi connectivity index (χ4n) is 1.62.